The molecule has 33 heavy (non-hydrogen) atoms. The first-order valence-electron chi connectivity index (χ1n) is 10.2. The zero-order chi connectivity index (χ0) is 24.4. The van der Waals surface area contributed by atoms with Crippen molar-refractivity contribution in [3.63, 3.8) is 0 Å². The molecule has 1 atom stereocenters. The second-order valence-corrected chi connectivity index (χ2v) is 11.5. The van der Waals surface area contributed by atoms with Crippen LogP contribution < -0.4 is 26.2 Å². The summed E-state index contributed by atoms with van der Waals surface area (Å²) < 4.78 is 53.5. The van der Waals surface area contributed by atoms with Crippen LogP contribution in [0.1, 0.15) is 19.8 Å². The number of rotatable bonds is 9. The molecular weight excluding hydrogens is 474 g/mol. The van der Waals surface area contributed by atoms with E-state index in [1.54, 1.807) is 0 Å². The van der Waals surface area contributed by atoms with Gasteiger partial charge < -0.3 is 21.5 Å². The number of nitrogens with one attached hydrogen (secondary N) is 2. The van der Waals surface area contributed by atoms with Gasteiger partial charge in [-0.25, -0.2) is 26.7 Å². The van der Waals surface area contributed by atoms with Crippen LogP contribution in [-0.4, -0.2) is 81.4 Å². The molecule has 1 saturated heterocycles. The Morgan fingerprint density at radius 2 is 1.91 bits per heavy atom. The molecule has 1 fully saturated rings. The minimum atomic E-state index is -4.58. The highest BCUT2D eigenvalue weighted by atomic mass is 32.2. The van der Waals surface area contributed by atoms with Gasteiger partial charge in [-0.1, -0.05) is 6.92 Å². The van der Waals surface area contributed by atoms with E-state index in [1.165, 1.54) is 6.07 Å². The molecule has 14 nitrogen and oxygen atoms in total. The molecule has 3 rings (SSSR count). The lowest BCUT2D eigenvalue weighted by Crippen LogP contribution is -2.42. The van der Waals surface area contributed by atoms with Crippen LogP contribution in [0, 0.1) is 5.41 Å². The Labute approximate surface area is 192 Å². The van der Waals surface area contributed by atoms with E-state index in [1.807, 2.05) is 4.90 Å². The molecule has 1 aliphatic heterocycles. The molecule has 9 N–H and O–H groups in total. The fourth-order valence-corrected chi connectivity index (χ4v) is 6.32. The van der Waals surface area contributed by atoms with Crippen LogP contribution in [0.4, 0.5) is 5.69 Å². The number of nitrogens with zero attached hydrogens (tertiary/aromatic N) is 4. The third-order valence-electron chi connectivity index (χ3n) is 5.83. The second kappa shape index (κ2) is 9.57. The Balaban J connectivity index is 2.18. The largest absolute Gasteiger partial charge is 0.390 e. The molecule has 0 bridgehead atoms. The third kappa shape index (κ3) is 5.48. The van der Waals surface area contributed by atoms with Crippen LogP contribution in [0.3, 0.4) is 0 Å². The number of aromatic amines is 1. The standard InChI is InChI=1S/C17H29N9O5S2/c1-17(10-19)4-6-26(7-5-17)12-2-3-13(33(30,31)21-9-11(27)8-18)15(32(20,28)29)14(12)16-22-24-25-23-16/h2-3,11,21,27H,4-10,18-19H2,1H3,(H2,20,28,29)(H,22,23,24,25)/t11-/m1/s1. The van der Waals surface area contributed by atoms with Gasteiger partial charge in [0.1, 0.15) is 9.79 Å². The average molecular weight is 504 g/mol. The predicted octanol–water partition coefficient (Wildman–Crippen LogP) is -2.32. The van der Waals surface area contributed by atoms with E-state index in [-0.39, 0.29) is 23.3 Å². The number of H-pyrrole nitrogens is 1. The molecule has 1 aromatic heterocycles. The lowest BCUT2D eigenvalue weighted by atomic mass is 9.80. The number of piperidine rings is 1. The van der Waals surface area contributed by atoms with Crippen LogP contribution in [-0.2, 0) is 20.0 Å². The predicted molar refractivity (Wildman–Crippen MR) is 120 cm³/mol. The van der Waals surface area contributed by atoms with Crippen LogP contribution >= 0.6 is 0 Å². The van der Waals surface area contributed by atoms with Gasteiger partial charge in [0, 0.05) is 31.9 Å². The third-order valence-corrected chi connectivity index (χ3v) is 8.42. The smallest absolute Gasteiger partial charge is 0.242 e. The van der Waals surface area contributed by atoms with Crippen molar-refractivity contribution in [3.05, 3.63) is 12.1 Å². The van der Waals surface area contributed by atoms with Gasteiger partial charge in [0.25, 0.3) is 0 Å². The summed E-state index contributed by atoms with van der Waals surface area (Å²) in [6.07, 6.45) is 0.343. The van der Waals surface area contributed by atoms with E-state index in [9.17, 15) is 21.9 Å². The van der Waals surface area contributed by atoms with Crippen molar-refractivity contribution >= 4 is 25.7 Å². The topological polar surface area (TPSA) is 236 Å². The quantitative estimate of drug-likeness (QED) is 0.212. The maximum atomic E-state index is 13.0. The van der Waals surface area contributed by atoms with E-state index in [0.29, 0.717) is 25.3 Å². The maximum Gasteiger partial charge on any atom is 0.242 e. The first-order chi connectivity index (χ1) is 15.4. The lowest BCUT2D eigenvalue weighted by molar-refractivity contribution is 0.186. The minimum absolute atomic E-state index is 0.0530. The number of tetrazole rings is 1. The molecule has 16 heteroatoms. The molecule has 1 aromatic carbocycles. The molecule has 0 aliphatic carbocycles. The highest BCUT2D eigenvalue weighted by Gasteiger charge is 2.35. The van der Waals surface area contributed by atoms with Crippen LogP contribution in [0.25, 0.3) is 11.4 Å². The number of hydrogen-bond acceptors (Lipinski definition) is 11. The number of aliphatic hydroxyl groups excluding tert-OH is 1. The molecule has 184 valence electrons. The Kier molecular flexibility index (Phi) is 7.37. The van der Waals surface area contributed by atoms with Crippen LogP contribution in [0.5, 0.6) is 0 Å². The summed E-state index contributed by atoms with van der Waals surface area (Å²) in [7, 11) is -8.99. The van der Waals surface area contributed by atoms with Crippen molar-refractivity contribution in [1.29, 1.82) is 0 Å². The van der Waals surface area contributed by atoms with Gasteiger partial charge >= 0.3 is 0 Å². The number of sulfonamides is 2. The first kappa shape index (κ1) is 25.4. The van der Waals surface area contributed by atoms with Crippen LogP contribution in [0.15, 0.2) is 21.9 Å². The summed E-state index contributed by atoms with van der Waals surface area (Å²) in [5, 5.41) is 28.6. The molecule has 0 amide bonds. The first-order valence-corrected chi connectivity index (χ1v) is 13.2. The Bertz CT molecular complexity index is 1180. The number of hydrogen-bond donors (Lipinski definition) is 6. The highest BCUT2D eigenvalue weighted by molar-refractivity contribution is 7.92. The van der Waals surface area contributed by atoms with E-state index >= 15 is 0 Å². The van der Waals surface area contributed by atoms with Gasteiger partial charge in [-0.3, -0.25) is 0 Å². The van der Waals surface area contributed by atoms with Crippen molar-refractivity contribution in [2.24, 2.45) is 22.0 Å². The van der Waals surface area contributed by atoms with E-state index in [0.717, 1.165) is 18.9 Å². The molecule has 2 aromatic rings. The Morgan fingerprint density at radius 1 is 1.24 bits per heavy atom. The van der Waals surface area contributed by atoms with Gasteiger partial charge in [0.2, 0.25) is 25.9 Å². The van der Waals surface area contributed by atoms with Crippen molar-refractivity contribution < 1.29 is 21.9 Å². The van der Waals surface area contributed by atoms with Crippen molar-refractivity contribution in [2.75, 3.05) is 37.6 Å². The van der Waals surface area contributed by atoms with Crippen molar-refractivity contribution in [1.82, 2.24) is 25.3 Å². The van der Waals surface area contributed by atoms with Gasteiger partial charge in [-0.15, -0.1) is 10.2 Å². The van der Waals surface area contributed by atoms with Crippen molar-refractivity contribution in [2.45, 2.75) is 35.7 Å². The number of benzene rings is 1. The minimum Gasteiger partial charge on any atom is -0.390 e. The van der Waals surface area contributed by atoms with Crippen molar-refractivity contribution in [3.8, 4) is 11.4 Å². The van der Waals surface area contributed by atoms with Gasteiger partial charge in [-0.05, 0) is 42.1 Å². The van der Waals surface area contributed by atoms with Gasteiger partial charge in [-0.2, -0.15) is 5.21 Å². The summed E-state index contributed by atoms with van der Waals surface area (Å²) in [4.78, 5) is 0.657. The highest BCUT2D eigenvalue weighted by Crippen LogP contribution is 2.41. The molecule has 1 aliphatic rings. The summed E-state index contributed by atoms with van der Waals surface area (Å²) >= 11 is 0. The van der Waals surface area contributed by atoms with E-state index < -0.39 is 42.5 Å². The Hall–Kier alpha value is -2.21. The number of nitrogens with two attached hydrogens (primary N) is 3. The maximum absolute atomic E-state index is 13.0. The zero-order valence-electron chi connectivity index (χ0n) is 18.1. The summed E-state index contributed by atoms with van der Waals surface area (Å²) in [6, 6.07) is 2.64. The molecule has 0 radical (unpaired) electrons. The second-order valence-electron chi connectivity index (χ2n) is 8.31. The Morgan fingerprint density at radius 3 is 2.42 bits per heavy atom. The summed E-state index contributed by atoms with van der Waals surface area (Å²) in [6.45, 7) is 3.10. The molecule has 0 unspecified atom stereocenters. The van der Waals surface area contributed by atoms with E-state index in [2.05, 4.69) is 32.3 Å². The SMILES string of the molecule is CC1(CN)CCN(c2ccc(S(=O)(=O)NC[C@H](O)CN)c(S(N)(=O)=O)c2-c2nn[nH]n2)CC1. The van der Waals surface area contributed by atoms with Gasteiger partial charge in [0.15, 0.2) is 0 Å². The zero-order valence-corrected chi connectivity index (χ0v) is 19.7. The summed E-state index contributed by atoms with van der Waals surface area (Å²) in [5.74, 6) is -0.125. The normalized spacial score (nSPS) is 17.8. The average Bonchev–Trinajstić information content (AvgIpc) is 3.31. The fraction of sp³-hybridized carbons (Fsp3) is 0.588. The summed E-state index contributed by atoms with van der Waals surface area (Å²) in [5.41, 5.74) is 11.5. The molecule has 0 saturated carbocycles. The van der Waals surface area contributed by atoms with E-state index in [4.69, 9.17) is 16.6 Å². The number of anilines is 1. The molecule has 2 heterocycles. The van der Waals surface area contributed by atoms with Gasteiger partial charge in [0.05, 0.1) is 11.7 Å². The molecule has 0 spiro atoms. The number of aliphatic hydroxyl groups is 1. The van der Waals surface area contributed by atoms with Crippen LogP contribution in [0.2, 0.25) is 0 Å². The monoisotopic (exact) mass is 503 g/mol. The number of aromatic nitrogens is 4. The number of primary sulfonamides is 1. The lowest BCUT2D eigenvalue weighted by Gasteiger charge is -2.40. The fourth-order valence-electron chi connectivity index (χ4n) is 3.65. The molecular formula is C17H29N9O5S2.